The van der Waals surface area contributed by atoms with E-state index in [0.29, 0.717) is 18.0 Å². The van der Waals surface area contributed by atoms with Crippen molar-refractivity contribution in [2.24, 2.45) is 0 Å². The quantitative estimate of drug-likeness (QED) is 0.624. The highest BCUT2D eigenvalue weighted by Crippen LogP contribution is 2.28. The standard InChI is InChI=1S/C19H20FNO4S/c1-4-12-21(15-6-8-16(9-7-15)25-13-5-2)26(22,23)17-10-11-19(24-3)18(20)14-17/h4-11,14H,1-2,12-13H2,3H3. The first kappa shape index (κ1) is 19.5. The minimum atomic E-state index is -3.98. The number of methoxy groups -OCH3 is 1. The number of nitrogens with zero attached hydrogens (tertiary/aromatic N) is 1. The number of anilines is 1. The first-order valence-corrected chi connectivity index (χ1v) is 9.19. The molecule has 0 amide bonds. The van der Waals surface area contributed by atoms with Gasteiger partial charge in [-0.3, -0.25) is 4.31 Å². The molecule has 0 unspecified atom stereocenters. The van der Waals surface area contributed by atoms with Crippen molar-refractivity contribution in [2.75, 3.05) is 24.6 Å². The lowest BCUT2D eigenvalue weighted by atomic mass is 10.3. The maximum atomic E-state index is 14.0. The van der Waals surface area contributed by atoms with E-state index < -0.39 is 15.8 Å². The number of benzene rings is 2. The van der Waals surface area contributed by atoms with Crippen molar-refractivity contribution in [3.8, 4) is 11.5 Å². The Kier molecular flexibility index (Phi) is 6.41. The number of hydrogen-bond donors (Lipinski definition) is 0. The molecule has 0 aliphatic heterocycles. The summed E-state index contributed by atoms with van der Waals surface area (Å²) in [6.45, 7) is 7.55. The van der Waals surface area contributed by atoms with Gasteiger partial charge in [0.2, 0.25) is 0 Å². The fraction of sp³-hybridized carbons (Fsp3) is 0.158. The minimum absolute atomic E-state index is 0.0251. The topological polar surface area (TPSA) is 55.8 Å². The van der Waals surface area contributed by atoms with E-state index >= 15 is 0 Å². The van der Waals surface area contributed by atoms with Crippen LogP contribution in [-0.4, -0.2) is 28.7 Å². The fourth-order valence-electron chi connectivity index (χ4n) is 2.26. The molecule has 26 heavy (non-hydrogen) atoms. The Morgan fingerprint density at radius 3 is 2.35 bits per heavy atom. The lowest BCUT2D eigenvalue weighted by Gasteiger charge is -2.23. The average Bonchev–Trinajstić information content (AvgIpc) is 2.64. The van der Waals surface area contributed by atoms with Crippen molar-refractivity contribution >= 4 is 15.7 Å². The van der Waals surface area contributed by atoms with E-state index in [2.05, 4.69) is 13.2 Å². The van der Waals surface area contributed by atoms with Crippen LogP contribution in [0.25, 0.3) is 0 Å². The molecule has 0 saturated carbocycles. The molecule has 2 rings (SSSR count). The van der Waals surface area contributed by atoms with Gasteiger partial charge in [0.05, 0.1) is 24.2 Å². The van der Waals surface area contributed by atoms with Crippen LogP contribution in [0.4, 0.5) is 10.1 Å². The Balaban J connectivity index is 2.39. The number of rotatable bonds is 9. The van der Waals surface area contributed by atoms with Gasteiger partial charge in [-0.05, 0) is 42.5 Å². The molecule has 0 aliphatic carbocycles. The zero-order valence-electron chi connectivity index (χ0n) is 14.4. The molecule has 0 aromatic heterocycles. The van der Waals surface area contributed by atoms with Gasteiger partial charge in [-0.2, -0.15) is 0 Å². The van der Waals surface area contributed by atoms with Crippen LogP contribution in [0.2, 0.25) is 0 Å². The summed E-state index contributed by atoms with van der Waals surface area (Å²) in [5.74, 6) is -0.191. The third-order valence-electron chi connectivity index (χ3n) is 3.50. The van der Waals surface area contributed by atoms with E-state index in [4.69, 9.17) is 9.47 Å². The van der Waals surface area contributed by atoms with E-state index in [1.165, 1.54) is 25.3 Å². The van der Waals surface area contributed by atoms with Crippen molar-refractivity contribution in [2.45, 2.75) is 4.90 Å². The van der Waals surface area contributed by atoms with Crippen LogP contribution in [0, 0.1) is 5.82 Å². The maximum Gasteiger partial charge on any atom is 0.264 e. The molecule has 138 valence electrons. The van der Waals surface area contributed by atoms with Gasteiger partial charge in [0, 0.05) is 0 Å². The highest BCUT2D eigenvalue weighted by atomic mass is 32.2. The normalized spacial score (nSPS) is 10.8. The van der Waals surface area contributed by atoms with Gasteiger partial charge in [-0.15, -0.1) is 6.58 Å². The Bertz CT molecular complexity index is 879. The fourth-order valence-corrected chi connectivity index (χ4v) is 3.71. The molecule has 0 heterocycles. The van der Waals surface area contributed by atoms with Crippen LogP contribution in [0.5, 0.6) is 11.5 Å². The molecule has 0 radical (unpaired) electrons. The second-order valence-electron chi connectivity index (χ2n) is 5.21. The van der Waals surface area contributed by atoms with Crippen molar-refractivity contribution in [3.63, 3.8) is 0 Å². The maximum absolute atomic E-state index is 14.0. The van der Waals surface area contributed by atoms with Gasteiger partial charge < -0.3 is 9.47 Å². The van der Waals surface area contributed by atoms with Crippen LogP contribution >= 0.6 is 0 Å². The zero-order valence-corrected chi connectivity index (χ0v) is 15.2. The third kappa shape index (κ3) is 4.23. The first-order valence-electron chi connectivity index (χ1n) is 7.75. The van der Waals surface area contributed by atoms with Crippen molar-refractivity contribution in [1.29, 1.82) is 0 Å². The summed E-state index contributed by atoms with van der Waals surface area (Å²) < 4.78 is 51.2. The molecular formula is C19H20FNO4S. The van der Waals surface area contributed by atoms with Crippen molar-refractivity contribution < 1.29 is 22.3 Å². The van der Waals surface area contributed by atoms with Crippen molar-refractivity contribution in [3.05, 3.63) is 73.6 Å². The largest absolute Gasteiger partial charge is 0.494 e. The summed E-state index contributed by atoms with van der Waals surface area (Å²) in [6.07, 6.45) is 3.07. The highest BCUT2D eigenvalue weighted by molar-refractivity contribution is 7.92. The van der Waals surface area contributed by atoms with E-state index in [-0.39, 0.29) is 17.2 Å². The smallest absolute Gasteiger partial charge is 0.264 e. The Hall–Kier alpha value is -2.80. The van der Waals surface area contributed by atoms with Crippen LogP contribution in [0.1, 0.15) is 0 Å². The minimum Gasteiger partial charge on any atom is -0.494 e. The summed E-state index contributed by atoms with van der Waals surface area (Å²) in [5, 5.41) is 0. The number of halogens is 1. The molecule has 0 atom stereocenters. The predicted molar refractivity (Wildman–Crippen MR) is 99.8 cm³/mol. The molecule has 0 saturated heterocycles. The second-order valence-corrected chi connectivity index (χ2v) is 7.08. The molecule has 2 aromatic rings. The molecule has 0 aliphatic rings. The monoisotopic (exact) mass is 377 g/mol. The summed E-state index contributed by atoms with van der Waals surface area (Å²) in [6, 6.07) is 10.0. The van der Waals surface area contributed by atoms with Gasteiger partial charge in [0.15, 0.2) is 11.6 Å². The van der Waals surface area contributed by atoms with Crippen LogP contribution in [-0.2, 0) is 10.0 Å². The van der Waals surface area contributed by atoms with Crippen molar-refractivity contribution in [1.82, 2.24) is 0 Å². The molecule has 5 nitrogen and oxygen atoms in total. The summed E-state index contributed by atoms with van der Waals surface area (Å²) >= 11 is 0. The molecule has 0 fully saturated rings. The van der Waals surface area contributed by atoms with Crippen LogP contribution in [0.15, 0.2) is 72.7 Å². The molecule has 0 spiro atoms. The lowest BCUT2D eigenvalue weighted by Crippen LogP contribution is -2.31. The number of sulfonamides is 1. The van der Waals surface area contributed by atoms with Gasteiger partial charge >= 0.3 is 0 Å². The zero-order chi connectivity index (χ0) is 19.2. The van der Waals surface area contributed by atoms with E-state index in [1.807, 2.05) is 0 Å². The Morgan fingerprint density at radius 1 is 1.12 bits per heavy atom. The number of hydrogen-bond acceptors (Lipinski definition) is 4. The molecule has 0 N–H and O–H groups in total. The molecule has 0 bridgehead atoms. The molecule has 7 heteroatoms. The third-order valence-corrected chi connectivity index (χ3v) is 5.29. The average molecular weight is 377 g/mol. The number of ether oxygens (including phenoxy) is 2. The molecular weight excluding hydrogens is 357 g/mol. The van der Waals surface area contributed by atoms with Gasteiger partial charge in [0.25, 0.3) is 10.0 Å². The second kappa shape index (κ2) is 8.53. The summed E-state index contributed by atoms with van der Waals surface area (Å²) in [5.41, 5.74) is 0.409. The highest BCUT2D eigenvalue weighted by Gasteiger charge is 2.25. The Labute approximate surface area is 153 Å². The summed E-state index contributed by atoms with van der Waals surface area (Å²) in [7, 11) is -2.67. The first-order chi connectivity index (χ1) is 12.4. The van der Waals surface area contributed by atoms with Crippen LogP contribution < -0.4 is 13.8 Å². The van der Waals surface area contributed by atoms with Gasteiger partial charge in [-0.25, -0.2) is 12.8 Å². The predicted octanol–water partition coefficient (Wildman–Crippen LogP) is 3.78. The van der Waals surface area contributed by atoms with Gasteiger partial charge in [-0.1, -0.05) is 18.7 Å². The van der Waals surface area contributed by atoms with Gasteiger partial charge in [0.1, 0.15) is 12.4 Å². The van der Waals surface area contributed by atoms with E-state index in [1.54, 1.807) is 30.3 Å². The van der Waals surface area contributed by atoms with E-state index in [0.717, 1.165) is 10.4 Å². The van der Waals surface area contributed by atoms with E-state index in [9.17, 15) is 12.8 Å². The van der Waals surface area contributed by atoms with Crippen LogP contribution in [0.3, 0.4) is 0 Å². The molecule has 2 aromatic carbocycles. The Morgan fingerprint density at radius 2 is 1.81 bits per heavy atom. The SMILES string of the molecule is C=CCOc1ccc(N(CC=C)S(=O)(=O)c2ccc(OC)c(F)c2)cc1. The summed E-state index contributed by atoms with van der Waals surface area (Å²) in [4.78, 5) is -0.176. The lowest BCUT2D eigenvalue weighted by molar-refractivity contribution is 0.363.